The predicted octanol–water partition coefficient (Wildman–Crippen LogP) is 4.55. The Morgan fingerprint density at radius 2 is 1.85 bits per heavy atom. The van der Waals surface area contributed by atoms with Crippen LogP contribution in [0.3, 0.4) is 0 Å². The largest absolute Gasteiger partial charge is 0.486 e. The highest BCUT2D eigenvalue weighted by Gasteiger charge is 2.19. The molecule has 5 rings (SSSR count). The molecular formula is C26H32N4O3S. The zero-order chi connectivity index (χ0) is 23.3. The fourth-order valence-electron chi connectivity index (χ4n) is 4.81. The van der Waals surface area contributed by atoms with Crippen molar-refractivity contribution >= 4 is 38.8 Å². The summed E-state index contributed by atoms with van der Waals surface area (Å²) in [6.45, 7) is 7.06. The van der Waals surface area contributed by atoms with Crippen LogP contribution in [-0.4, -0.2) is 63.4 Å². The highest BCUT2D eigenvalue weighted by atomic mass is 32.1. The molecule has 7 nitrogen and oxygen atoms in total. The summed E-state index contributed by atoms with van der Waals surface area (Å²) in [6.07, 6.45) is 3.09. The lowest BCUT2D eigenvalue weighted by molar-refractivity contribution is 0.171. The molecule has 3 aromatic rings. The zero-order valence-electron chi connectivity index (χ0n) is 19.4. The number of rotatable bonds is 7. The molecule has 8 heteroatoms. The summed E-state index contributed by atoms with van der Waals surface area (Å²) in [5.74, 6) is 1.69. The van der Waals surface area contributed by atoms with Crippen molar-refractivity contribution in [1.29, 1.82) is 0 Å². The number of primary amides is 1. The number of urea groups is 1. The topological polar surface area (TPSA) is 71.3 Å². The molecule has 1 saturated heterocycles. The number of unbranched alkanes of at least 4 members (excludes halogenated alkanes) is 1. The van der Waals surface area contributed by atoms with Crippen LogP contribution >= 0.6 is 11.3 Å². The molecule has 2 N–H and O–H groups in total. The minimum Gasteiger partial charge on any atom is -0.486 e. The number of nitrogens with zero attached hydrogens (tertiary/aromatic N) is 3. The van der Waals surface area contributed by atoms with E-state index < -0.39 is 0 Å². The van der Waals surface area contributed by atoms with Crippen LogP contribution in [0.1, 0.15) is 19.3 Å². The summed E-state index contributed by atoms with van der Waals surface area (Å²) in [4.78, 5) is 18.9. The minimum absolute atomic E-state index is 0.381. The average molecular weight is 481 g/mol. The Morgan fingerprint density at radius 3 is 2.74 bits per heavy atom. The van der Waals surface area contributed by atoms with Gasteiger partial charge in [0.15, 0.2) is 11.5 Å². The normalized spacial score (nSPS) is 16.4. The molecule has 1 fully saturated rings. The van der Waals surface area contributed by atoms with Crippen LogP contribution in [0.15, 0.2) is 47.8 Å². The third kappa shape index (κ3) is 5.08. The molecule has 180 valence electrons. The number of benzene rings is 2. The molecule has 1 aromatic heterocycles. The number of anilines is 2. The van der Waals surface area contributed by atoms with Crippen molar-refractivity contribution in [3.63, 3.8) is 0 Å². The summed E-state index contributed by atoms with van der Waals surface area (Å²) in [6, 6.07) is 14.0. The Morgan fingerprint density at radius 1 is 1.00 bits per heavy atom. The van der Waals surface area contributed by atoms with Gasteiger partial charge in [-0.05, 0) is 50.6 Å². The van der Waals surface area contributed by atoms with Gasteiger partial charge in [0, 0.05) is 53.4 Å². The molecular weight excluding hydrogens is 448 g/mol. The number of fused-ring (bicyclic) bond motifs is 2. The molecule has 2 amide bonds. The Bertz CT molecular complexity index is 1130. The molecule has 34 heavy (non-hydrogen) atoms. The van der Waals surface area contributed by atoms with Crippen LogP contribution in [0, 0.1) is 0 Å². The first-order valence-electron chi connectivity index (χ1n) is 12.1. The van der Waals surface area contributed by atoms with E-state index in [2.05, 4.69) is 34.1 Å². The van der Waals surface area contributed by atoms with E-state index in [0.717, 1.165) is 74.6 Å². The predicted molar refractivity (Wildman–Crippen MR) is 139 cm³/mol. The van der Waals surface area contributed by atoms with Gasteiger partial charge in [0.1, 0.15) is 13.2 Å². The number of hydrogen-bond acceptors (Lipinski definition) is 6. The molecule has 0 unspecified atom stereocenters. The number of carbonyl (C=O) groups excluding carboxylic acids is 1. The first-order valence-corrected chi connectivity index (χ1v) is 13.0. The van der Waals surface area contributed by atoms with Crippen LogP contribution < -0.4 is 25.0 Å². The molecule has 2 aliphatic heterocycles. The second-order valence-corrected chi connectivity index (χ2v) is 9.74. The molecule has 2 aromatic carbocycles. The fourth-order valence-corrected chi connectivity index (χ4v) is 5.76. The zero-order valence-corrected chi connectivity index (χ0v) is 20.3. The van der Waals surface area contributed by atoms with Crippen molar-refractivity contribution in [2.45, 2.75) is 19.3 Å². The van der Waals surface area contributed by atoms with Crippen molar-refractivity contribution in [2.24, 2.45) is 5.73 Å². The summed E-state index contributed by atoms with van der Waals surface area (Å²) < 4.78 is 12.6. The van der Waals surface area contributed by atoms with E-state index in [0.29, 0.717) is 19.8 Å². The quantitative estimate of drug-likeness (QED) is 0.503. The summed E-state index contributed by atoms with van der Waals surface area (Å²) in [5, 5.41) is 3.13. The van der Waals surface area contributed by atoms with Crippen molar-refractivity contribution in [3.05, 3.63) is 47.8 Å². The Hall–Kier alpha value is -2.97. The van der Waals surface area contributed by atoms with Gasteiger partial charge >= 0.3 is 6.03 Å². The van der Waals surface area contributed by atoms with Gasteiger partial charge in [-0.3, -0.25) is 4.90 Å². The van der Waals surface area contributed by atoms with E-state index in [-0.39, 0.29) is 6.03 Å². The molecule has 0 bridgehead atoms. The highest BCUT2D eigenvalue weighted by molar-refractivity contribution is 7.17. The van der Waals surface area contributed by atoms with Gasteiger partial charge < -0.3 is 25.0 Å². The Labute approximate surface area is 204 Å². The lowest BCUT2D eigenvalue weighted by Crippen LogP contribution is -2.37. The number of thiophene rings is 1. The van der Waals surface area contributed by atoms with E-state index in [9.17, 15) is 4.79 Å². The Balaban J connectivity index is 1.12. The highest BCUT2D eigenvalue weighted by Crippen LogP contribution is 2.35. The van der Waals surface area contributed by atoms with Gasteiger partial charge in [-0.2, -0.15) is 0 Å². The first kappa shape index (κ1) is 22.8. The van der Waals surface area contributed by atoms with Crippen LogP contribution in [0.5, 0.6) is 11.5 Å². The molecule has 0 atom stereocenters. The van der Waals surface area contributed by atoms with E-state index in [1.54, 1.807) is 16.2 Å². The van der Waals surface area contributed by atoms with E-state index in [4.69, 9.17) is 15.2 Å². The van der Waals surface area contributed by atoms with Crippen molar-refractivity contribution in [1.82, 2.24) is 4.90 Å². The number of carbonyl (C=O) groups is 1. The number of ether oxygens (including phenoxy) is 2. The minimum atomic E-state index is -0.381. The van der Waals surface area contributed by atoms with Crippen molar-refractivity contribution < 1.29 is 14.3 Å². The van der Waals surface area contributed by atoms with Crippen LogP contribution in [-0.2, 0) is 0 Å². The maximum atomic E-state index is 12.2. The van der Waals surface area contributed by atoms with Gasteiger partial charge in [-0.15, -0.1) is 11.3 Å². The van der Waals surface area contributed by atoms with Gasteiger partial charge in [0.05, 0.1) is 5.69 Å². The third-order valence-corrected chi connectivity index (χ3v) is 7.55. The molecule has 0 spiro atoms. The summed E-state index contributed by atoms with van der Waals surface area (Å²) in [5.41, 5.74) is 7.87. The Kier molecular flexibility index (Phi) is 7.06. The standard InChI is InChI=1S/C26H32N4O3S/c27-26(31)30(22-19-34-25-7-2-1-6-21(22)25)13-4-3-10-28-11-5-12-29(15-14-28)20-8-9-23-24(18-20)33-17-16-32-23/h1-2,6-9,18-19H,3-5,10-17H2,(H2,27,31). The van der Waals surface area contributed by atoms with Gasteiger partial charge in [-0.25, -0.2) is 4.79 Å². The number of nitrogens with two attached hydrogens (primary N) is 1. The number of amides is 2. The van der Waals surface area contributed by atoms with Crippen LogP contribution in [0.4, 0.5) is 16.2 Å². The monoisotopic (exact) mass is 480 g/mol. The lowest BCUT2D eigenvalue weighted by atomic mass is 10.2. The molecule has 0 aliphatic carbocycles. The van der Waals surface area contributed by atoms with E-state index >= 15 is 0 Å². The van der Waals surface area contributed by atoms with Gasteiger partial charge in [0.2, 0.25) is 0 Å². The smallest absolute Gasteiger partial charge is 0.319 e. The molecule has 3 heterocycles. The van der Waals surface area contributed by atoms with Crippen molar-refractivity contribution in [2.75, 3.05) is 62.3 Å². The van der Waals surface area contributed by atoms with Gasteiger partial charge in [-0.1, -0.05) is 18.2 Å². The first-order chi connectivity index (χ1) is 16.7. The fraction of sp³-hybridized carbons (Fsp3) is 0.423. The van der Waals surface area contributed by atoms with E-state index in [1.807, 2.05) is 23.6 Å². The second kappa shape index (κ2) is 10.5. The van der Waals surface area contributed by atoms with Crippen LogP contribution in [0.25, 0.3) is 10.1 Å². The molecule has 0 radical (unpaired) electrons. The van der Waals surface area contributed by atoms with Crippen LogP contribution in [0.2, 0.25) is 0 Å². The summed E-state index contributed by atoms with van der Waals surface area (Å²) >= 11 is 1.65. The molecule has 2 aliphatic rings. The number of hydrogen-bond donors (Lipinski definition) is 1. The lowest BCUT2D eigenvalue weighted by Gasteiger charge is -2.26. The second-order valence-electron chi connectivity index (χ2n) is 8.82. The maximum Gasteiger partial charge on any atom is 0.319 e. The third-order valence-electron chi connectivity index (χ3n) is 6.60. The van der Waals surface area contributed by atoms with E-state index in [1.165, 1.54) is 10.4 Å². The SMILES string of the molecule is NC(=O)N(CCCCN1CCCN(c2ccc3c(c2)OCCO3)CC1)c1csc2ccccc12. The molecule has 0 saturated carbocycles. The maximum absolute atomic E-state index is 12.2. The van der Waals surface area contributed by atoms with Gasteiger partial charge in [0.25, 0.3) is 0 Å². The van der Waals surface area contributed by atoms with Crippen molar-refractivity contribution in [3.8, 4) is 11.5 Å². The summed E-state index contributed by atoms with van der Waals surface area (Å²) in [7, 11) is 0. The average Bonchev–Trinajstić information content (AvgIpc) is 3.13.